The molecule has 1 aromatic carbocycles. The molecule has 1 aromatic rings. The Hall–Kier alpha value is -1.71. The molecule has 0 saturated heterocycles. The van der Waals surface area contributed by atoms with E-state index in [2.05, 4.69) is 10.6 Å². The summed E-state index contributed by atoms with van der Waals surface area (Å²) in [5.74, 6) is 0.814. The highest BCUT2D eigenvalue weighted by Gasteiger charge is 2.08. The molecule has 1 unspecified atom stereocenters. The first kappa shape index (κ1) is 12.4. The SMILES string of the molecule is CCNC(=O)NC(C)c1ccc(OC)cc1. The van der Waals surface area contributed by atoms with E-state index in [9.17, 15) is 4.79 Å². The number of carbonyl (C=O) groups is 1. The molecule has 4 nitrogen and oxygen atoms in total. The largest absolute Gasteiger partial charge is 0.497 e. The number of nitrogens with one attached hydrogen (secondary N) is 2. The van der Waals surface area contributed by atoms with Gasteiger partial charge < -0.3 is 15.4 Å². The van der Waals surface area contributed by atoms with Crippen LogP contribution in [0.5, 0.6) is 5.75 Å². The lowest BCUT2D eigenvalue weighted by Gasteiger charge is -2.14. The number of urea groups is 1. The number of methoxy groups -OCH3 is 1. The third-order valence-electron chi connectivity index (χ3n) is 2.30. The van der Waals surface area contributed by atoms with Gasteiger partial charge in [0.05, 0.1) is 13.2 Å². The van der Waals surface area contributed by atoms with Gasteiger partial charge in [-0.05, 0) is 31.5 Å². The quantitative estimate of drug-likeness (QED) is 0.819. The number of amides is 2. The highest BCUT2D eigenvalue weighted by atomic mass is 16.5. The van der Waals surface area contributed by atoms with Gasteiger partial charge in [0.15, 0.2) is 0 Å². The molecule has 4 heteroatoms. The molecule has 0 aliphatic heterocycles. The number of hydrogen-bond acceptors (Lipinski definition) is 2. The highest BCUT2D eigenvalue weighted by Crippen LogP contribution is 2.16. The fourth-order valence-electron chi connectivity index (χ4n) is 1.38. The van der Waals surface area contributed by atoms with Gasteiger partial charge in [0, 0.05) is 6.54 Å². The van der Waals surface area contributed by atoms with Crippen molar-refractivity contribution in [2.45, 2.75) is 19.9 Å². The Labute approximate surface area is 96.0 Å². The molecule has 0 heterocycles. The van der Waals surface area contributed by atoms with E-state index >= 15 is 0 Å². The Bertz CT molecular complexity index is 335. The summed E-state index contributed by atoms with van der Waals surface area (Å²) in [6, 6.07) is 7.48. The standard InChI is InChI=1S/C12H18N2O2/c1-4-13-12(15)14-9(2)10-5-7-11(16-3)8-6-10/h5-9H,4H2,1-3H3,(H2,13,14,15). The molecule has 1 atom stereocenters. The molecule has 0 bridgehead atoms. The van der Waals surface area contributed by atoms with E-state index in [1.807, 2.05) is 38.1 Å². The number of rotatable bonds is 4. The Kier molecular flexibility index (Phi) is 4.64. The molecule has 16 heavy (non-hydrogen) atoms. The van der Waals surface area contributed by atoms with Crippen LogP contribution in [0.4, 0.5) is 4.79 Å². The van der Waals surface area contributed by atoms with Crippen molar-refractivity contribution in [1.82, 2.24) is 10.6 Å². The second kappa shape index (κ2) is 6.00. The summed E-state index contributed by atoms with van der Waals surface area (Å²) in [5, 5.41) is 5.54. The molecule has 0 aliphatic rings. The fourth-order valence-corrected chi connectivity index (χ4v) is 1.38. The van der Waals surface area contributed by atoms with Crippen LogP contribution in [0.1, 0.15) is 25.5 Å². The summed E-state index contributed by atoms with van der Waals surface area (Å²) in [4.78, 5) is 11.3. The van der Waals surface area contributed by atoms with Gasteiger partial charge in [-0.15, -0.1) is 0 Å². The summed E-state index contributed by atoms with van der Waals surface area (Å²) in [6.07, 6.45) is 0. The molecule has 0 spiro atoms. The lowest BCUT2D eigenvalue weighted by atomic mass is 10.1. The molecule has 0 radical (unpaired) electrons. The van der Waals surface area contributed by atoms with E-state index in [1.165, 1.54) is 0 Å². The smallest absolute Gasteiger partial charge is 0.315 e. The van der Waals surface area contributed by atoms with Crippen LogP contribution < -0.4 is 15.4 Å². The lowest BCUT2D eigenvalue weighted by molar-refractivity contribution is 0.238. The summed E-state index contributed by atoms with van der Waals surface area (Å²) in [6.45, 7) is 4.45. The van der Waals surface area contributed by atoms with E-state index in [1.54, 1.807) is 7.11 Å². The van der Waals surface area contributed by atoms with E-state index in [0.29, 0.717) is 6.54 Å². The molecule has 0 aromatic heterocycles. The molecule has 0 aliphatic carbocycles. The summed E-state index contributed by atoms with van der Waals surface area (Å²) in [7, 11) is 1.63. The van der Waals surface area contributed by atoms with Crippen molar-refractivity contribution < 1.29 is 9.53 Å². The maximum absolute atomic E-state index is 11.3. The van der Waals surface area contributed by atoms with Gasteiger partial charge in [-0.3, -0.25) is 0 Å². The van der Waals surface area contributed by atoms with Crippen molar-refractivity contribution in [3.8, 4) is 5.75 Å². The molecule has 2 N–H and O–H groups in total. The highest BCUT2D eigenvalue weighted by molar-refractivity contribution is 5.74. The monoisotopic (exact) mass is 222 g/mol. The minimum absolute atomic E-state index is 0.0162. The van der Waals surface area contributed by atoms with Crippen molar-refractivity contribution >= 4 is 6.03 Å². The Morgan fingerprint density at radius 3 is 2.50 bits per heavy atom. The van der Waals surface area contributed by atoms with Crippen molar-refractivity contribution in [3.05, 3.63) is 29.8 Å². The molecule has 0 fully saturated rings. The van der Waals surface area contributed by atoms with Crippen molar-refractivity contribution in [3.63, 3.8) is 0 Å². The Morgan fingerprint density at radius 2 is 2.00 bits per heavy atom. The third kappa shape index (κ3) is 3.46. The van der Waals surface area contributed by atoms with Crippen LogP contribution in [0, 0.1) is 0 Å². The molecule has 0 saturated carbocycles. The lowest BCUT2D eigenvalue weighted by Crippen LogP contribution is -2.36. The van der Waals surface area contributed by atoms with Crippen LogP contribution in [-0.4, -0.2) is 19.7 Å². The van der Waals surface area contributed by atoms with Crippen molar-refractivity contribution in [1.29, 1.82) is 0 Å². The number of carbonyl (C=O) groups excluding carboxylic acids is 1. The van der Waals surface area contributed by atoms with Crippen molar-refractivity contribution in [2.24, 2.45) is 0 Å². The first-order valence-electron chi connectivity index (χ1n) is 5.35. The van der Waals surface area contributed by atoms with E-state index < -0.39 is 0 Å². The van der Waals surface area contributed by atoms with Crippen LogP contribution in [0.3, 0.4) is 0 Å². The number of benzene rings is 1. The van der Waals surface area contributed by atoms with Gasteiger partial charge in [-0.2, -0.15) is 0 Å². The normalized spacial score (nSPS) is 11.7. The maximum atomic E-state index is 11.3. The Balaban J connectivity index is 2.58. The first-order chi connectivity index (χ1) is 7.67. The van der Waals surface area contributed by atoms with Gasteiger partial charge in [0.25, 0.3) is 0 Å². The van der Waals surface area contributed by atoms with E-state index in [4.69, 9.17) is 4.74 Å². The first-order valence-corrected chi connectivity index (χ1v) is 5.35. The molecule has 1 rings (SSSR count). The fraction of sp³-hybridized carbons (Fsp3) is 0.417. The molecular formula is C12H18N2O2. The van der Waals surface area contributed by atoms with Gasteiger partial charge >= 0.3 is 6.03 Å². The Morgan fingerprint density at radius 1 is 1.38 bits per heavy atom. The van der Waals surface area contributed by atoms with Gasteiger partial charge in [-0.25, -0.2) is 4.79 Å². The van der Waals surface area contributed by atoms with E-state index in [0.717, 1.165) is 11.3 Å². The van der Waals surface area contributed by atoms with Gasteiger partial charge in [0.2, 0.25) is 0 Å². The van der Waals surface area contributed by atoms with Crippen molar-refractivity contribution in [2.75, 3.05) is 13.7 Å². The molecule has 2 amide bonds. The zero-order chi connectivity index (χ0) is 12.0. The average Bonchev–Trinajstić information content (AvgIpc) is 2.29. The van der Waals surface area contributed by atoms with Crippen LogP contribution in [0.2, 0.25) is 0 Å². The predicted molar refractivity (Wildman–Crippen MR) is 63.6 cm³/mol. The summed E-state index contributed by atoms with van der Waals surface area (Å²) >= 11 is 0. The predicted octanol–water partition coefficient (Wildman–Crippen LogP) is 2.08. The number of ether oxygens (including phenoxy) is 1. The second-order valence-electron chi connectivity index (χ2n) is 3.50. The minimum Gasteiger partial charge on any atom is -0.497 e. The third-order valence-corrected chi connectivity index (χ3v) is 2.30. The topological polar surface area (TPSA) is 50.4 Å². The second-order valence-corrected chi connectivity index (χ2v) is 3.50. The average molecular weight is 222 g/mol. The van der Waals surface area contributed by atoms with Crippen LogP contribution >= 0.6 is 0 Å². The zero-order valence-electron chi connectivity index (χ0n) is 9.91. The zero-order valence-corrected chi connectivity index (χ0v) is 9.91. The van der Waals surface area contributed by atoms with Gasteiger partial charge in [0.1, 0.15) is 5.75 Å². The van der Waals surface area contributed by atoms with E-state index in [-0.39, 0.29) is 12.1 Å². The van der Waals surface area contributed by atoms with Gasteiger partial charge in [-0.1, -0.05) is 12.1 Å². The van der Waals surface area contributed by atoms with Crippen LogP contribution in [0.25, 0.3) is 0 Å². The van der Waals surface area contributed by atoms with Crippen LogP contribution in [-0.2, 0) is 0 Å². The molecule has 88 valence electrons. The summed E-state index contributed by atoms with van der Waals surface area (Å²) in [5.41, 5.74) is 1.05. The van der Waals surface area contributed by atoms with Crippen LogP contribution in [0.15, 0.2) is 24.3 Å². The summed E-state index contributed by atoms with van der Waals surface area (Å²) < 4.78 is 5.07. The minimum atomic E-state index is -0.147. The number of hydrogen-bond donors (Lipinski definition) is 2. The molecular weight excluding hydrogens is 204 g/mol. The maximum Gasteiger partial charge on any atom is 0.315 e.